The fourth-order valence-electron chi connectivity index (χ4n) is 3.23. The van der Waals surface area contributed by atoms with E-state index < -0.39 is 5.82 Å². The van der Waals surface area contributed by atoms with Gasteiger partial charge in [-0.15, -0.1) is 0 Å². The number of fused-ring (bicyclic) bond motifs is 1. The number of aromatic nitrogens is 2. The number of rotatable bonds is 6. The fraction of sp³-hybridized carbons (Fsp3) is 0.0400. The highest BCUT2D eigenvalue weighted by Gasteiger charge is 2.11. The summed E-state index contributed by atoms with van der Waals surface area (Å²) in [5, 5.41) is 14.7. The van der Waals surface area contributed by atoms with Crippen molar-refractivity contribution in [2.75, 3.05) is 7.05 Å². The Morgan fingerprint density at radius 2 is 1.84 bits per heavy atom. The van der Waals surface area contributed by atoms with Gasteiger partial charge in [0.05, 0.1) is 17.4 Å². The maximum absolute atomic E-state index is 14.0. The molecule has 158 valence electrons. The molecule has 0 saturated carbocycles. The molecule has 0 radical (unpaired) electrons. The van der Waals surface area contributed by atoms with E-state index in [1.54, 1.807) is 43.6 Å². The number of hydrogen-bond acceptors (Lipinski definition) is 5. The first-order chi connectivity index (χ1) is 15.5. The number of carbonyl (C=O) groups excluding carboxylic acids is 1. The topological polar surface area (TPSA) is 90.8 Å². The first kappa shape index (κ1) is 20.9. The zero-order valence-electron chi connectivity index (χ0n) is 17.3. The maximum Gasteiger partial charge on any atom is 0.256 e. The molecule has 0 unspecified atom stereocenters. The van der Waals surface area contributed by atoms with Gasteiger partial charge in [-0.3, -0.25) is 14.8 Å². The summed E-state index contributed by atoms with van der Waals surface area (Å²) in [5.74, 6) is -0.350. The van der Waals surface area contributed by atoms with Crippen LogP contribution in [0, 0.1) is 11.2 Å². The summed E-state index contributed by atoms with van der Waals surface area (Å²) in [6.07, 6.45) is 5.82. The van der Waals surface area contributed by atoms with Gasteiger partial charge in [0.2, 0.25) is 0 Å². The summed E-state index contributed by atoms with van der Waals surface area (Å²) < 4.78 is 14.0. The molecule has 32 heavy (non-hydrogen) atoms. The molecule has 6 nitrogen and oxygen atoms in total. The van der Waals surface area contributed by atoms with E-state index in [2.05, 4.69) is 20.6 Å². The molecule has 0 aliphatic rings. The molecule has 0 bridgehead atoms. The van der Waals surface area contributed by atoms with Crippen molar-refractivity contribution >= 4 is 22.5 Å². The van der Waals surface area contributed by atoms with Gasteiger partial charge >= 0.3 is 0 Å². The Labute approximate surface area is 184 Å². The van der Waals surface area contributed by atoms with Gasteiger partial charge in [0, 0.05) is 47.6 Å². The molecule has 2 heterocycles. The minimum atomic E-state index is -0.419. The van der Waals surface area contributed by atoms with Crippen LogP contribution < -0.4 is 10.6 Å². The molecule has 7 heteroatoms. The summed E-state index contributed by atoms with van der Waals surface area (Å²) >= 11 is 0. The van der Waals surface area contributed by atoms with Crippen LogP contribution in [0.5, 0.6) is 0 Å². The second kappa shape index (κ2) is 9.18. The maximum atomic E-state index is 14.0. The molecule has 4 aromatic rings. The number of benzene rings is 2. The van der Waals surface area contributed by atoms with Crippen molar-refractivity contribution in [3.05, 3.63) is 108 Å². The smallest absolute Gasteiger partial charge is 0.256 e. The zero-order valence-corrected chi connectivity index (χ0v) is 17.3. The Kier molecular flexibility index (Phi) is 5.98. The van der Waals surface area contributed by atoms with Gasteiger partial charge in [0.25, 0.3) is 5.91 Å². The number of nitrogens with one attached hydrogen (secondary N) is 3. The van der Waals surface area contributed by atoms with Crippen LogP contribution in [0.4, 0.5) is 4.39 Å². The van der Waals surface area contributed by atoms with Crippen molar-refractivity contribution in [3.8, 4) is 11.1 Å². The average Bonchev–Trinajstić information content (AvgIpc) is 2.83. The number of allylic oxidation sites excluding steroid dienone is 1. The summed E-state index contributed by atoms with van der Waals surface area (Å²) in [5.41, 5.74) is 3.09. The Hall–Kier alpha value is -4.39. The molecule has 4 rings (SSSR count). The monoisotopic (exact) mass is 425 g/mol. The summed E-state index contributed by atoms with van der Waals surface area (Å²) in [6.45, 7) is 0. The summed E-state index contributed by atoms with van der Waals surface area (Å²) in [6, 6.07) is 17.8. The molecule has 0 aliphatic carbocycles. The van der Waals surface area contributed by atoms with Crippen LogP contribution >= 0.6 is 0 Å². The third-order valence-electron chi connectivity index (χ3n) is 4.92. The van der Waals surface area contributed by atoms with Crippen LogP contribution in [-0.2, 0) is 0 Å². The van der Waals surface area contributed by atoms with E-state index in [1.165, 1.54) is 6.20 Å². The zero-order chi connectivity index (χ0) is 22.5. The van der Waals surface area contributed by atoms with Crippen molar-refractivity contribution in [2.24, 2.45) is 0 Å². The van der Waals surface area contributed by atoms with Crippen molar-refractivity contribution in [3.63, 3.8) is 0 Å². The molecule has 2 aromatic carbocycles. The Balaban J connectivity index is 1.55. The first-order valence-electron chi connectivity index (χ1n) is 9.89. The SMILES string of the molecule is CN/C(=C\C(=N)c1ccccc1)NC(=O)c1ccc2cc(-c3ccncc3F)cnc2c1. The van der Waals surface area contributed by atoms with Crippen molar-refractivity contribution in [1.82, 2.24) is 20.6 Å². The Bertz CT molecular complexity index is 1330. The van der Waals surface area contributed by atoms with E-state index in [4.69, 9.17) is 5.41 Å². The van der Waals surface area contributed by atoms with Gasteiger partial charge in [-0.05, 0) is 29.8 Å². The third-order valence-corrected chi connectivity index (χ3v) is 4.92. The Morgan fingerprint density at radius 3 is 2.59 bits per heavy atom. The van der Waals surface area contributed by atoms with Crippen LogP contribution in [0.15, 0.2) is 91.2 Å². The van der Waals surface area contributed by atoms with Gasteiger partial charge in [-0.25, -0.2) is 4.39 Å². The van der Waals surface area contributed by atoms with Gasteiger partial charge in [-0.2, -0.15) is 0 Å². The predicted octanol–water partition coefficient (Wildman–Crippen LogP) is 4.29. The number of carbonyl (C=O) groups is 1. The molecular weight excluding hydrogens is 405 g/mol. The van der Waals surface area contributed by atoms with Crippen LogP contribution in [0.2, 0.25) is 0 Å². The van der Waals surface area contributed by atoms with E-state index in [9.17, 15) is 9.18 Å². The van der Waals surface area contributed by atoms with Crippen LogP contribution in [0.25, 0.3) is 22.0 Å². The second-order valence-corrected chi connectivity index (χ2v) is 7.03. The van der Waals surface area contributed by atoms with Crippen LogP contribution in [-0.4, -0.2) is 28.6 Å². The van der Waals surface area contributed by atoms with Crippen molar-refractivity contribution in [2.45, 2.75) is 0 Å². The van der Waals surface area contributed by atoms with E-state index in [1.807, 2.05) is 36.4 Å². The minimum Gasteiger partial charge on any atom is -0.375 e. The second-order valence-electron chi connectivity index (χ2n) is 7.03. The number of nitrogens with zero attached hydrogens (tertiary/aromatic N) is 2. The Morgan fingerprint density at radius 1 is 1.03 bits per heavy atom. The van der Waals surface area contributed by atoms with E-state index in [0.717, 1.165) is 17.1 Å². The lowest BCUT2D eigenvalue weighted by atomic mass is 10.0. The van der Waals surface area contributed by atoms with Gasteiger partial charge < -0.3 is 16.0 Å². The highest BCUT2D eigenvalue weighted by molar-refractivity contribution is 6.07. The van der Waals surface area contributed by atoms with Gasteiger partial charge in [-0.1, -0.05) is 36.4 Å². The molecule has 2 aromatic heterocycles. The minimum absolute atomic E-state index is 0.270. The molecule has 0 aliphatic heterocycles. The average molecular weight is 425 g/mol. The van der Waals surface area contributed by atoms with E-state index in [0.29, 0.717) is 28.0 Å². The highest BCUT2D eigenvalue weighted by Crippen LogP contribution is 2.25. The lowest BCUT2D eigenvalue weighted by Crippen LogP contribution is -2.30. The summed E-state index contributed by atoms with van der Waals surface area (Å²) in [7, 11) is 1.67. The van der Waals surface area contributed by atoms with Gasteiger partial charge in [0.15, 0.2) is 0 Å². The standard InChI is InChI=1S/C25H20FN5O/c1-28-24(13-22(27)16-5-3-2-4-6-16)31-25(32)18-8-7-17-11-19(14-30-23(17)12-18)20-9-10-29-15-21(20)26/h2-15,27-28H,1H3,(H,31,32)/b24-13+,27-22?. The molecule has 0 atom stereocenters. The van der Waals surface area contributed by atoms with Crippen molar-refractivity contribution < 1.29 is 9.18 Å². The molecule has 0 fully saturated rings. The number of pyridine rings is 2. The number of hydrogen-bond donors (Lipinski definition) is 3. The quantitative estimate of drug-likeness (QED) is 0.402. The largest absolute Gasteiger partial charge is 0.375 e. The molecule has 0 spiro atoms. The lowest BCUT2D eigenvalue weighted by Gasteiger charge is -2.11. The lowest BCUT2D eigenvalue weighted by molar-refractivity contribution is 0.0964. The van der Waals surface area contributed by atoms with E-state index >= 15 is 0 Å². The predicted molar refractivity (Wildman–Crippen MR) is 123 cm³/mol. The van der Waals surface area contributed by atoms with Gasteiger partial charge in [0.1, 0.15) is 11.6 Å². The molecule has 0 saturated heterocycles. The molecule has 3 N–H and O–H groups in total. The normalized spacial score (nSPS) is 11.2. The van der Waals surface area contributed by atoms with E-state index in [-0.39, 0.29) is 11.6 Å². The number of halogens is 1. The van der Waals surface area contributed by atoms with Crippen molar-refractivity contribution in [1.29, 1.82) is 5.41 Å². The fourth-order valence-corrected chi connectivity index (χ4v) is 3.23. The highest BCUT2D eigenvalue weighted by atomic mass is 19.1. The first-order valence-corrected chi connectivity index (χ1v) is 9.89. The number of amides is 1. The van der Waals surface area contributed by atoms with Crippen LogP contribution in [0.1, 0.15) is 15.9 Å². The summed E-state index contributed by atoms with van der Waals surface area (Å²) in [4.78, 5) is 20.9. The van der Waals surface area contributed by atoms with Crippen LogP contribution in [0.3, 0.4) is 0 Å². The molecule has 1 amide bonds. The third kappa shape index (κ3) is 4.52. The molecular formula is C25H20FN5O.